The maximum absolute atomic E-state index is 15.5. The van der Waals surface area contributed by atoms with E-state index < -0.39 is 179 Å². The number of carboxylic acids is 1. The van der Waals surface area contributed by atoms with Gasteiger partial charge in [0.2, 0.25) is 70.6 Å². The van der Waals surface area contributed by atoms with Crippen LogP contribution in [0.3, 0.4) is 0 Å². The van der Waals surface area contributed by atoms with Crippen molar-refractivity contribution in [3.05, 3.63) is 114 Å². The molecule has 0 radical (unpaired) electrons. The first-order valence-electron chi connectivity index (χ1n) is 41.7. The Kier molecular flexibility index (Phi) is 40.0. The molecular weight excluding hydrogens is 1540 g/mol. The van der Waals surface area contributed by atoms with E-state index in [-0.39, 0.29) is 113 Å². The average Bonchev–Trinajstić information content (AvgIpc) is 1.39. The van der Waals surface area contributed by atoms with Gasteiger partial charge in [0.05, 0.1) is 41.7 Å². The number of amides is 10. The number of benzene rings is 3. The number of aliphatic hydroxyl groups excluding tert-OH is 1. The number of fused-ring (bicyclic) bond motifs is 1. The maximum atomic E-state index is 15.5. The molecule has 32 nitrogen and oxygen atoms in total. The van der Waals surface area contributed by atoms with Crippen LogP contribution >= 0.6 is 0 Å². The number of phenolic OH excluding ortho intramolecular Hbond substituents is 1. The smallest absolute Gasteiger partial charge is 0.303 e. The Labute approximate surface area is 703 Å². The van der Waals surface area contributed by atoms with Gasteiger partial charge in [-0.25, -0.2) is 0 Å². The molecule has 660 valence electrons. The third kappa shape index (κ3) is 32.9. The van der Waals surface area contributed by atoms with Crippen LogP contribution in [0.25, 0.3) is 10.9 Å². The summed E-state index contributed by atoms with van der Waals surface area (Å²) >= 11 is 0. The minimum absolute atomic E-state index is 0.106. The number of nitrogens with two attached hydrogens (primary N) is 2. The van der Waals surface area contributed by atoms with E-state index in [1.807, 2.05) is 46.8 Å². The first-order valence-corrected chi connectivity index (χ1v) is 41.7. The topological polar surface area (TPSA) is 517 Å². The van der Waals surface area contributed by atoms with Crippen molar-refractivity contribution in [2.24, 2.45) is 35.1 Å². The van der Waals surface area contributed by atoms with Crippen LogP contribution < -0.4 is 70.0 Å². The summed E-state index contributed by atoms with van der Waals surface area (Å²) in [6.45, 7) is 20.5. The van der Waals surface area contributed by atoms with Gasteiger partial charge < -0.3 is 84.9 Å². The molecule has 0 saturated carbocycles. The van der Waals surface area contributed by atoms with Gasteiger partial charge >= 0.3 is 5.97 Å². The summed E-state index contributed by atoms with van der Waals surface area (Å²) in [5, 5.41) is 62.7. The molecule has 19 N–H and O–H groups in total. The van der Waals surface area contributed by atoms with E-state index in [9.17, 15) is 63.3 Å². The fraction of sp³-hybridized carbons (Fsp3) is 0.580. The highest BCUT2D eigenvalue weighted by Crippen LogP contribution is 2.26. The quantitative estimate of drug-likeness (QED) is 0.0238. The predicted molar refractivity (Wildman–Crippen MR) is 453 cm³/mol. The number of phenols is 1. The van der Waals surface area contributed by atoms with Gasteiger partial charge in [-0.05, 0) is 165 Å². The number of carboxylic acid groups (broad SMARTS) is 1. The van der Waals surface area contributed by atoms with E-state index in [1.54, 1.807) is 88.5 Å². The zero-order valence-corrected chi connectivity index (χ0v) is 71.8. The highest BCUT2D eigenvalue weighted by molar-refractivity contribution is 6.41. The van der Waals surface area contributed by atoms with Crippen molar-refractivity contribution in [2.45, 2.75) is 289 Å². The predicted octanol–water partition coefficient (Wildman–Crippen LogP) is 4.36. The van der Waals surface area contributed by atoms with Crippen LogP contribution in [0.1, 0.15) is 209 Å². The number of ketones is 4. The van der Waals surface area contributed by atoms with Gasteiger partial charge in [-0.1, -0.05) is 127 Å². The van der Waals surface area contributed by atoms with Gasteiger partial charge in [0.1, 0.15) is 47.5 Å². The molecule has 1 aliphatic rings. The van der Waals surface area contributed by atoms with Crippen LogP contribution in [0, 0.1) is 23.7 Å². The molecule has 2 heterocycles. The van der Waals surface area contributed by atoms with Crippen molar-refractivity contribution in [1.82, 2.24) is 63.5 Å². The molecule has 1 aromatic heterocycles. The number of carbonyl (C=O) groups is 15. The van der Waals surface area contributed by atoms with Gasteiger partial charge in [-0.3, -0.25) is 77.2 Å². The molecule has 120 heavy (non-hydrogen) atoms. The average molecular weight is 1670 g/mol. The molecule has 4 aromatic rings. The molecule has 0 saturated heterocycles. The fourth-order valence-corrected chi connectivity index (χ4v) is 14.1. The van der Waals surface area contributed by atoms with Crippen molar-refractivity contribution in [1.29, 1.82) is 0 Å². The number of allylic oxidation sites excluding steroid dienone is 2. The Morgan fingerprint density at radius 1 is 0.633 bits per heavy atom. The number of hydrogen-bond acceptors (Lipinski definition) is 20. The number of para-hydroxylation sites is 1. The number of carbonyl (C=O) groups excluding carboxylic acids is 14. The van der Waals surface area contributed by atoms with Crippen LogP contribution in [-0.2, 0) is 91.2 Å². The lowest BCUT2D eigenvalue weighted by atomic mass is 9.86. The highest BCUT2D eigenvalue weighted by atomic mass is 16.4. The van der Waals surface area contributed by atoms with Crippen molar-refractivity contribution in [2.75, 3.05) is 13.1 Å². The molecule has 32 heteroatoms. The molecule has 10 amide bonds. The molecule has 5 rings (SSSR count). The van der Waals surface area contributed by atoms with Crippen LogP contribution in [0.2, 0.25) is 0 Å². The number of aliphatic hydroxyl groups is 1. The standard InChI is InChI=1S/C88H130N14O18/c1-51(2)42-61-49-92-65(36-38-73(90)108)77(112)76(111)55(7)94-80(115)70(47-60-48-91-64-31-25-24-30-63(60)64)97-81(116)68(46-59-32-34-62(105)35-33-59)96-79(114)66(37-39-74(109)110)99-85(120)88(13,102-83(118)69(45-58-28-22-21-23-29-58)98-84(119)75(56(8)103)100-82(117)67(43-52(3)4)95-57(9)104)41-27-20-18-16-14-15-17-19-26-40-87(12,101-78(61)113)72(107)50-93-86(10,11)71(106)44-53(5)54(6)89/h15,17,21-25,28-35,48,51-56,61,65-70,75,91-93,103,105H,14,16,18-20,26-27,36-47,49-50,89H2,1-13H3,(H2,90,108)(H,94,115)(H,95,104)(H,96,114)(H,97,116)(H,98,119)(H,99,120)(H,100,117)(H,101,113)(H,102,118)(H,109,110)/b17-15+/t53-,54?,55-,56+,61+,65-,66-,67-,68?,69-,70-,75-,87-,88+/m0/s1. The first kappa shape index (κ1) is 100.0. The molecule has 2 unspecified atom stereocenters. The van der Waals surface area contributed by atoms with E-state index in [4.69, 9.17) is 11.5 Å². The maximum Gasteiger partial charge on any atom is 0.303 e. The summed E-state index contributed by atoms with van der Waals surface area (Å²) in [5.74, 6) is -14.7. The zero-order chi connectivity index (χ0) is 89.4. The van der Waals surface area contributed by atoms with E-state index >= 15 is 24.0 Å². The second-order valence-electron chi connectivity index (χ2n) is 34.0. The van der Waals surface area contributed by atoms with Gasteiger partial charge in [-0.15, -0.1) is 0 Å². The molecule has 3 aromatic carbocycles. The SMILES string of the molecule is CC(=O)N[C@@H](CC(C)C)C(=O)N[C@H](C(=O)N[C@@H](Cc1ccccc1)C(=O)N[C@]1(C)CCCCCC/C=C/CCC[C@@](C)(C(=O)CNC(C)(C)C(=O)C[C@H](C)C(C)N)NC(=O)[C@H](CC(C)C)CN[C@@H](CCC(N)=O)C(=O)C(=O)[C@H](C)NC(=O)[C@H](Cc2c[nH]c3ccccc23)NC(=O)C(Cc2ccc(O)cc2)NC(=O)[C@H](CCC(=O)O)NC1=O)[C@@H](C)O. The van der Waals surface area contributed by atoms with Crippen molar-refractivity contribution in [3.8, 4) is 5.75 Å². The Morgan fingerprint density at radius 2 is 1.24 bits per heavy atom. The minimum atomic E-state index is -2.03. The molecule has 0 bridgehead atoms. The zero-order valence-electron chi connectivity index (χ0n) is 71.8. The Hall–Kier alpha value is -10.6. The first-order chi connectivity index (χ1) is 56.4. The summed E-state index contributed by atoms with van der Waals surface area (Å²) < 4.78 is 0. The Bertz CT molecular complexity index is 4200. The number of aromatic amines is 1. The van der Waals surface area contributed by atoms with Crippen LogP contribution in [0.4, 0.5) is 0 Å². The van der Waals surface area contributed by atoms with E-state index in [1.165, 1.54) is 52.0 Å². The number of hydrogen-bond donors (Lipinski definition) is 17. The molecule has 0 fully saturated rings. The number of aromatic hydroxyl groups is 1. The third-order valence-electron chi connectivity index (χ3n) is 21.8. The second kappa shape index (κ2) is 48.0. The summed E-state index contributed by atoms with van der Waals surface area (Å²) in [6.07, 6.45) is 4.72. The number of aromatic nitrogens is 1. The van der Waals surface area contributed by atoms with E-state index in [0.29, 0.717) is 66.1 Å². The number of primary amides is 1. The summed E-state index contributed by atoms with van der Waals surface area (Å²) in [6, 6.07) is 8.08. The third-order valence-corrected chi connectivity index (χ3v) is 21.8. The number of H-pyrrole nitrogens is 1. The highest BCUT2D eigenvalue weighted by Gasteiger charge is 2.43. The van der Waals surface area contributed by atoms with Gasteiger partial charge in [0.25, 0.3) is 0 Å². The summed E-state index contributed by atoms with van der Waals surface area (Å²) in [4.78, 5) is 218. The van der Waals surface area contributed by atoms with Crippen molar-refractivity contribution in [3.63, 3.8) is 0 Å². The normalized spacial score (nSPS) is 22.9. The number of nitrogens with one attached hydrogen (secondary N) is 12. The number of Topliss-reactive ketones (excluding diaryl/α,β-unsaturated/α-hetero) is 4. The fourth-order valence-electron chi connectivity index (χ4n) is 14.1. The lowest BCUT2D eigenvalue weighted by Gasteiger charge is -2.34. The largest absolute Gasteiger partial charge is 0.508 e. The summed E-state index contributed by atoms with van der Waals surface area (Å²) in [7, 11) is 0. The lowest BCUT2D eigenvalue weighted by molar-refractivity contribution is -0.140. The molecular formula is C88H130N14O18. The van der Waals surface area contributed by atoms with Crippen LogP contribution in [0.15, 0.2) is 97.2 Å². The number of rotatable bonds is 32. The van der Waals surface area contributed by atoms with Crippen molar-refractivity contribution >= 4 is 99.1 Å². The Morgan fingerprint density at radius 3 is 1.86 bits per heavy atom. The van der Waals surface area contributed by atoms with Crippen molar-refractivity contribution < 1.29 is 87.2 Å². The molecule has 14 atom stereocenters. The van der Waals surface area contributed by atoms with E-state index in [0.717, 1.165) is 0 Å². The van der Waals surface area contributed by atoms with Gasteiger partial charge in [0.15, 0.2) is 11.6 Å². The van der Waals surface area contributed by atoms with Crippen LogP contribution in [0.5, 0.6) is 5.75 Å². The number of aliphatic carboxylic acids is 1. The molecule has 1 aliphatic heterocycles. The van der Waals surface area contributed by atoms with Crippen LogP contribution in [-0.4, -0.2) is 199 Å². The second-order valence-corrected chi connectivity index (χ2v) is 34.0. The lowest BCUT2D eigenvalue weighted by Crippen LogP contribution is -2.65. The minimum Gasteiger partial charge on any atom is -0.508 e. The molecule has 0 spiro atoms. The summed E-state index contributed by atoms with van der Waals surface area (Å²) in [5.41, 5.74) is 8.97. The van der Waals surface area contributed by atoms with Gasteiger partial charge in [0, 0.05) is 75.1 Å². The monoisotopic (exact) mass is 1670 g/mol. The Balaban J connectivity index is 1.65. The molecule has 0 aliphatic carbocycles. The van der Waals surface area contributed by atoms with Gasteiger partial charge in [-0.2, -0.15) is 0 Å². The van der Waals surface area contributed by atoms with E-state index in [2.05, 4.69) is 63.5 Å².